The second-order valence-electron chi connectivity index (χ2n) is 11.3. The third-order valence-corrected chi connectivity index (χ3v) is 8.64. The van der Waals surface area contributed by atoms with E-state index < -0.39 is 0 Å². The van der Waals surface area contributed by atoms with Crippen LogP contribution in [-0.2, 0) is 13.0 Å². The summed E-state index contributed by atoms with van der Waals surface area (Å²) in [6, 6.07) is 16.5. The average Bonchev–Trinajstić information content (AvgIpc) is 3.24. The summed E-state index contributed by atoms with van der Waals surface area (Å²) < 4.78 is 6.29. The number of rotatable bonds is 6. The SMILES string of the molecule is Cc1cccc2cccc(N3CCCc4nc(OCC5CCCN5C)nc(N5CCNC(CC#N)C5)c4C3)c12. The van der Waals surface area contributed by atoms with Gasteiger partial charge < -0.3 is 24.8 Å². The first-order chi connectivity index (χ1) is 19.1. The van der Waals surface area contributed by atoms with Crippen LogP contribution < -0.4 is 19.9 Å². The molecule has 6 rings (SSSR count). The van der Waals surface area contributed by atoms with Gasteiger partial charge in [-0.3, -0.25) is 0 Å². The lowest BCUT2D eigenvalue weighted by atomic mass is 10.0. The number of aryl methyl sites for hydroxylation is 2. The van der Waals surface area contributed by atoms with Crippen LogP contribution in [0, 0.1) is 18.3 Å². The molecule has 0 spiro atoms. The molecule has 2 unspecified atom stereocenters. The molecular formula is C31H39N7O. The van der Waals surface area contributed by atoms with Crippen LogP contribution in [0.3, 0.4) is 0 Å². The Hall–Kier alpha value is -3.41. The average molecular weight is 526 g/mol. The summed E-state index contributed by atoms with van der Waals surface area (Å²) in [5.41, 5.74) is 4.87. The van der Waals surface area contributed by atoms with Crippen LogP contribution in [0.15, 0.2) is 36.4 Å². The molecule has 0 saturated carbocycles. The van der Waals surface area contributed by atoms with E-state index in [1.54, 1.807) is 0 Å². The fourth-order valence-corrected chi connectivity index (χ4v) is 6.50. The first-order valence-electron chi connectivity index (χ1n) is 14.4. The molecule has 0 bridgehead atoms. The molecule has 39 heavy (non-hydrogen) atoms. The van der Waals surface area contributed by atoms with Gasteiger partial charge in [0.05, 0.1) is 18.2 Å². The molecule has 3 aliphatic heterocycles. The van der Waals surface area contributed by atoms with E-state index in [4.69, 9.17) is 14.7 Å². The lowest BCUT2D eigenvalue weighted by Gasteiger charge is -2.35. The van der Waals surface area contributed by atoms with Gasteiger partial charge in [0.1, 0.15) is 12.4 Å². The number of nitrogens with one attached hydrogen (secondary N) is 1. The van der Waals surface area contributed by atoms with Crippen LogP contribution in [0.1, 0.15) is 42.5 Å². The van der Waals surface area contributed by atoms with Gasteiger partial charge in [0.25, 0.3) is 0 Å². The number of nitriles is 1. The van der Waals surface area contributed by atoms with E-state index in [0.29, 0.717) is 25.1 Å². The number of benzene rings is 2. The maximum Gasteiger partial charge on any atom is 0.318 e. The number of fused-ring (bicyclic) bond motifs is 2. The van der Waals surface area contributed by atoms with Gasteiger partial charge in [-0.1, -0.05) is 30.3 Å². The number of ether oxygens (including phenoxy) is 1. The van der Waals surface area contributed by atoms with Crippen molar-refractivity contribution in [3.8, 4) is 12.1 Å². The summed E-state index contributed by atoms with van der Waals surface area (Å²) in [6.07, 6.45) is 4.78. The number of hydrogen-bond acceptors (Lipinski definition) is 8. The summed E-state index contributed by atoms with van der Waals surface area (Å²) in [4.78, 5) is 17.3. The van der Waals surface area contributed by atoms with Crippen LogP contribution >= 0.6 is 0 Å². The second kappa shape index (κ2) is 11.4. The van der Waals surface area contributed by atoms with Gasteiger partial charge in [-0.25, -0.2) is 0 Å². The first-order valence-corrected chi connectivity index (χ1v) is 14.4. The minimum Gasteiger partial charge on any atom is -0.462 e. The summed E-state index contributed by atoms with van der Waals surface area (Å²) in [5, 5.41) is 15.4. The Kier molecular flexibility index (Phi) is 7.53. The molecule has 2 saturated heterocycles. The van der Waals surface area contributed by atoms with Crippen molar-refractivity contribution in [3.05, 3.63) is 53.2 Å². The van der Waals surface area contributed by atoms with E-state index in [9.17, 15) is 5.26 Å². The van der Waals surface area contributed by atoms with Crippen molar-refractivity contribution in [1.29, 1.82) is 5.26 Å². The van der Waals surface area contributed by atoms with E-state index in [0.717, 1.165) is 70.0 Å². The van der Waals surface area contributed by atoms with Crippen molar-refractivity contribution in [2.45, 2.75) is 57.7 Å². The predicted molar refractivity (Wildman–Crippen MR) is 155 cm³/mol. The molecule has 0 amide bonds. The zero-order valence-electron chi connectivity index (χ0n) is 23.2. The highest BCUT2D eigenvalue weighted by Crippen LogP contribution is 2.35. The minimum atomic E-state index is 0.133. The minimum absolute atomic E-state index is 0.133. The van der Waals surface area contributed by atoms with Crippen molar-refractivity contribution in [3.63, 3.8) is 0 Å². The Morgan fingerprint density at radius 3 is 2.77 bits per heavy atom. The molecule has 204 valence electrons. The van der Waals surface area contributed by atoms with Gasteiger partial charge >= 0.3 is 6.01 Å². The summed E-state index contributed by atoms with van der Waals surface area (Å²) in [6.45, 7) is 8.11. The van der Waals surface area contributed by atoms with Crippen LogP contribution in [0.5, 0.6) is 6.01 Å². The third-order valence-electron chi connectivity index (χ3n) is 8.64. The fourth-order valence-electron chi connectivity index (χ4n) is 6.50. The summed E-state index contributed by atoms with van der Waals surface area (Å²) in [7, 11) is 2.17. The van der Waals surface area contributed by atoms with Gasteiger partial charge in [0.15, 0.2) is 0 Å². The Morgan fingerprint density at radius 2 is 1.95 bits per heavy atom. The Bertz CT molecular complexity index is 1360. The van der Waals surface area contributed by atoms with E-state index >= 15 is 0 Å². The highest BCUT2D eigenvalue weighted by atomic mass is 16.5. The molecule has 2 fully saturated rings. The van der Waals surface area contributed by atoms with Crippen LogP contribution in [0.25, 0.3) is 10.8 Å². The highest BCUT2D eigenvalue weighted by Gasteiger charge is 2.29. The van der Waals surface area contributed by atoms with E-state index in [2.05, 4.69) is 76.5 Å². The first kappa shape index (κ1) is 25.8. The third kappa shape index (κ3) is 5.39. The monoisotopic (exact) mass is 525 g/mol. The quantitative estimate of drug-likeness (QED) is 0.516. The van der Waals surface area contributed by atoms with E-state index in [-0.39, 0.29) is 6.04 Å². The van der Waals surface area contributed by atoms with Gasteiger partial charge in [-0.05, 0) is 63.2 Å². The highest BCUT2D eigenvalue weighted by molar-refractivity contribution is 5.97. The van der Waals surface area contributed by atoms with Crippen molar-refractivity contribution >= 4 is 22.3 Å². The predicted octanol–water partition coefficient (Wildman–Crippen LogP) is 4.06. The van der Waals surface area contributed by atoms with E-state index in [1.165, 1.54) is 34.0 Å². The molecule has 3 aromatic rings. The summed E-state index contributed by atoms with van der Waals surface area (Å²) in [5.74, 6) is 0.975. The molecule has 0 radical (unpaired) electrons. The smallest absolute Gasteiger partial charge is 0.318 e. The number of aromatic nitrogens is 2. The number of likely N-dealkylation sites (N-methyl/N-ethyl adjacent to an activating group) is 1. The Morgan fingerprint density at radius 1 is 1.08 bits per heavy atom. The number of hydrogen-bond donors (Lipinski definition) is 1. The molecule has 3 aliphatic rings. The Labute approximate surface area is 231 Å². The number of likely N-dealkylation sites (tertiary alicyclic amines) is 1. The second-order valence-corrected chi connectivity index (χ2v) is 11.3. The normalized spacial score (nSPS) is 22.0. The summed E-state index contributed by atoms with van der Waals surface area (Å²) >= 11 is 0. The van der Waals surface area contributed by atoms with E-state index in [1.807, 2.05) is 0 Å². The lowest BCUT2D eigenvalue weighted by Crippen LogP contribution is -2.51. The molecule has 8 nitrogen and oxygen atoms in total. The van der Waals surface area contributed by atoms with Crippen LogP contribution in [-0.4, -0.2) is 73.3 Å². The van der Waals surface area contributed by atoms with Crippen molar-refractivity contribution in [1.82, 2.24) is 20.2 Å². The van der Waals surface area contributed by atoms with Crippen LogP contribution in [0.4, 0.5) is 11.5 Å². The largest absolute Gasteiger partial charge is 0.462 e. The van der Waals surface area contributed by atoms with Crippen molar-refractivity contribution in [2.75, 3.05) is 56.2 Å². The standard InChI is InChI=1S/C31H39N7O/c1-22-7-3-8-23-9-4-12-28(29(22)23)37-17-6-11-27-26(20-37)30(38-18-15-33-24(19-38)13-14-32)35-31(34-27)39-21-25-10-5-16-36(25)2/h3-4,7-9,12,24-25,33H,5-6,10-11,13,15-21H2,1-2H3. The van der Waals surface area contributed by atoms with Gasteiger partial charge in [0.2, 0.25) is 0 Å². The number of piperazine rings is 1. The van der Waals surface area contributed by atoms with Crippen LogP contribution in [0.2, 0.25) is 0 Å². The van der Waals surface area contributed by atoms with Crippen molar-refractivity contribution in [2.24, 2.45) is 0 Å². The Balaban J connectivity index is 1.36. The van der Waals surface area contributed by atoms with Gasteiger partial charge in [-0.2, -0.15) is 15.2 Å². The molecule has 8 heteroatoms. The molecule has 1 aromatic heterocycles. The molecule has 2 aromatic carbocycles. The zero-order chi connectivity index (χ0) is 26.8. The molecule has 0 aliphatic carbocycles. The molecule has 2 atom stereocenters. The maximum absolute atomic E-state index is 9.35. The fraction of sp³-hybridized carbons (Fsp3) is 0.516. The van der Waals surface area contributed by atoms with Crippen molar-refractivity contribution < 1.29 is 4.74 Å². The lowest BCUT2D eigenvalue weighted by molar-refractivity contribution is 0.187. The zero-order valence-corrected chi connectivity index (χ0v) is 23.2. The van der Waals surface area contributed by atoms with Gasteiger partial charge in [-0.15, -0.1) is 0 Å². The topological polar surface area (TPSA) is 80.6 Å². The molecule has 4 heterocycles. The van der Waals surface area contributed by atoms with Gasteiger partial charge in [0, 0.05) is 61.4 Å². The maximum atomic E-state index is 9.35. The number of nitrogens with zero attached hydrogens (tertiary/aromatic N) is 6. The molecular weight excluding hydrogens is 486 g/mol. The molecule has 1 N–H and O–H groups in total. The number of anilines is 2.